The average molecular weight is 321 g/mol. The number of alkyl halides is 3. The lowest BCUT2D eigenvalue weighted by molar-refractivity contribution is -0.274. The van der Waals surface area contributed by atoms with Crippen LogP contribution in [0.25, 0.3) is 0 Å². The Hall–Kier alpha value is -0.730. The maximum absolute atomic E-state index is 12.8. The largest absolute Gasteiger partial charge is 0.573 e. The van der Waals surface area contributed by atoms with Crippen molar-refractivity contribution < 1.29 is 22.3 Å². The predicted molar refractivity (Wildman–Crippen MR) is 50.2 cm³/mol. The van der Waals surface area contributed by atoms with Gasteiger partial charge >= 0.3 is 6.36 Å². The molecular formula is C7H4F4INO. The molecule has 2 N–H and O–H groups in total. The van der Waals surface area contributed by atoms with Gasteiger partial charge in [0.2, 0.25) is 0 Å². The summed E-state index contributed by atoms with van der Waals surface area (Å²) in [5.74, 6) is -1.55. The SMILES string of the molecule is Nc1c(F)cc(OC(F)(F)F)cc1I. The normalized spacial score (nSPS) is 11.5. The highest BCUT2D eigenvalue weighted by Crippen LogP contribution is 2.28. The van der Waals surface area contributed by atoms with Crippen molar-refractivity contribution in [3.63, 3.8) is 0 Å². The van der Waals surface area contributed by atoms with E-state index in [2.05, 4.69) is 4.74 Å². The lowest BCUT2D eigenvalue weighted by atomic mass is 10.3. The smallest absolute Gasteiger partial charge is 0.406 e. The number of rotatable bonds is 1. The van der Waals surface area contributed by atoms with Crippen LogP contribution < -0.4 is 10.5 Å². The summed E-state index contributed by atoms with van der Waals surface area (Å²) < 4.78 is 51.7. The molecule has 0 saturated carbocycles. The Balaban J connectivity index is 3.02. The molecule has 0 heterocycles. The molecule has 78 valence electrons. The molecule has 0 unspecified atom stereocenters. The molecule has 0 aromatic heterocycles. The van der Waals surface area contributed by atoms with Crippen LogP contribution in [0.5, 0.6) is 5.75 Å². The Morgan fingerprint density at radius 1 is 1.29 bits per heavy atom. The summed E-state index contributed by atoms with van der Waals surface area (Å²) in [6.07, 6.45) is -4.83. The van der Waals surface area contributed by atoms with Crippen LogP contribution in [0.3, 0.4) is 0 Å². The van der Waals surface area contributed by atoms with Gasteiger partial charge in [-0.15, -0.1) is 13.2 Å². The molecule has 0 bridgehead atoms. The Labute approximate surface area is 90.2 Å². The van der Waals surface area contributed by atoms with E-state index in [-0.39, 0.29) is 9.26 Å². The maximum atomic E-state index is 12.8. The van der Waals surface area contributed by atoms with Gasteiger partial charge in [-0.25, -0.2) is 4.39 Å². The monoisotopic (exact) mass is 321 g/mol. The second-order valence-corrected chi connectivity index (χ2v) is 3.51. The van der Waals surface area contributed by atoms with Crippen molar-refractivity contribution in [1.82, 2.24) is 0 Å². The third kappa shape index (κ3) is 2.89. The molecular weight excluding hydrogens is 317 g/mol. The van der Waals surface area contributed by atoms with E-state index in [4.69, 9.17) is 5.73 Å². The molecule has 1 rings (SSSR count). The maximum Gasteiger partial charge on any atom is 0.573 e. The van der Waals surface area contributed by atoms with Crippen molar-refractivity contribution in [1.29, 1.82) is 0 Å². The minimum absolute atomic E-state index is 0.168. The third-order valence-corrected chi connectivity index (χ3v) is 2.18. The van der Waals surface area contributed by atoms with Crippen molar-refractivity contribution in [2.24, 2.45) is 0 Å². The predicted octanol–water partition coefficient (Wildman–Crippen LogP) is 2.91. The van der Waals surface area contributed by atoms with E-state index < -0.39 is 17.9 Å². The van der Waals surface area contributed by atoms with Crippen molar-refractivity contribution >= 4 is 28.3 Å². The van der Waals surface area contributed by atoms with Crippen molar-refractivity contribution in [3.8, 4) is 5.75 Å². The highest BCUT2D eigenvalue weighted by molar-refractivity contribution is 14.1. The first-order valence-corrected chi connectivity index (χ1v) is 4.38. The zero-order valence-electron chi connectivity index (χ0n) is 6.53. The summed E-state index contributed by atoms with van der Waals surface area (Å²) in [6, 6.07) is 1.59. The van der Waals surface area contributed by atoms with Crippen LogP contribution in [-0.4, -0.2) is 6.36 Å². The molecule has 0 aliphatic carbocycles. The van der Waals surface area contributed by atoms with Gasteiger partial charge in [0.1, 0.15) is 5.75 Å². The van der Waals surface area contributed by atoms with Crippen LogP contribution in [0.4, 0.5) is 23.2 Å². The first-order chi connectivity index (χ1) is 6.29. The molecule has 7 heteroatoms. The first kappa shape index (κ1) is 11.3. The topological polar surface area (TPSA) is 35.2 Å². The second kappa shape index (κ2) is 3.79. The van der Waals surface area contributed by atoms with Crippen molar-refractivity contribution in [2.45, 2.75) is 6.36 Å². The van der Waals surface area contributed by atoms with Gasteiger partial charge in [-0.3, -0.25) is 0 Å². The number of halogens is 5. The molecule has 0 amide bonds. The molecule has 0 aliphatic heterocycles. The molecule has 0 aliphatic rings. The second-order valence-electron chi connectivity index (χ2n) is 2.35. The average Bonchev–Trinajstić information content (AvgIpc) is 1.96. The lowest BCUT2D eigenvalue weighted by Crippen LogP contribution is -2.17. The van der Waals surface area contributed by atoms with Gasteiger partial charge in [-0.2, -0.15) is 0 Å². The molecule has 2 nitrogen and oxygen atoms in total. The van der Waals surface area contributed by atoms with E-state index in [9.17, 15) is 17.6 Å². The molecule has 0 radical (unpaired) electrons. The van der Waals surface area contributed by atoms with Gasteiger partial charge in [0.15, 0.2) is 5.82 Å². The van der Waals surface area contributed by atoms with Crippen LogP contribution in [0.15, 0.2) is 12.1 Å². The van der Waals surface area contributed by atoms with Crippen molar-refractivity contribution in [2.75, 3.05) is 5.73 Å². The van der Waals surface area contributed by atoms with Crippen LogP contribution in [0.2, 0.25) is 0 Å². The van der Waals surface area contributed by atoms with E-state index in [1.54, 1.807) is 22.6 Å². The highest BCUT2D eigenvalue weighted by atomic mass is 127. The number of benzene rings is 1. The molecule has 0 atom stereocenters. The fourth-order valence-electron chi connectivity index (χ4n) is 0.754. The molecule has 14 heavy (non-hydrogen) atoms. The van der Waals surface area contributed by atoms with Gasteiger partial charge in [0.25, 0.3) is 0 Å². The van der Waals surface area contributed by atoms with Gasteiger partial charge in [0, 0.05) is 9.64 Å². The minimum Gasteiger partial charge on any atom is -0.406 e. The van der Waals surface area contributed by atoms with E-state index in [0.29, 0.717) is 6.07 Å². The summed E-state index contributed by atoms with van der Waals surface area (Å²) >= 11 is 1.61. The third-order valence-electron chi connectivity index (χ3n) is 1.29. The van der Waals surface area contributed by atoms with Crippen LogP contribution in [0, 0.1) is 9.39 Å². The summed E-state index contributed by atoms with van der Waals surface area (Å²) in [5, 5.41) is 0. The van der Waals surface area contributed by atoms with E-state index >= 15 is 0 Å². The zero-order chi connectivity index (χ0) is 10.9. The Morgan fingerprint density at radius 3 is 2.29 bits per heavy atom. The Kier molecular flexibility index (Phi) is 3.07. The number of nitrogen functional groups attached to an aromatic ring is 1. The minimum atomic E-state index is -4.83. The van der Waals surface area contributed by atoms with E-state index in [1.165, 1.54) is 0 Å². The number of anilines is 1. The molecule has 1 aromatic rings. The number of ether oxygens (including phenoxy) is 1. The Bertz CT molecular complexity index is 329. The summed E-state index contributed by atoms with van der Waals surface area (Å²) in [7, 11) is 0. The quantitative estimate of drug-likeness (QED) is 0.490. The summed E-state index contributed by atoms with van der Waals surface area (Å²) in [4.78, 5) is 0. The van der Waals surface area contributed by atoms with Crippen molar-refractivity contribution in [3.05, 3.63) is 21.5 Å². The fraction of sp³-hybridized carbons (Fsp3) is 0.143. The number of hydrogen-bond donors (Lipinski definition) is 1. The highest BCUT2D eigenvalue weighted by Gasteiger charge is 2.31. The van der Waals surface area contributed by atoms with Gasteiger partial charge in [-0.1, -0.05) is 0 Å². The summed E-state index contributed by atoms with van der Waals surface area (Å²) in [5.41, 5.74) is 5.00. The molecule has 0 saturated heterocycles. The Morgan fingerprint density at radius 2 is 1.86 bits per heavy atom. The molecule has 0 spiro atoms. The number of hydrogen-bond acceptors (Lipinski definition) is 2. The van der Waals surface area contributed by atoms with Crippen LogP contribution in [0.1, 0.15) is 0 Å². The van der Waals surface area contributed by atoms with E-state index in [1.807, 2.05) is 0 Å². The summed E-state index contributed by atoms with van der Waals surface area (Å²) in [6.45, 7) is 0. The van der Waals surface area contributed by atoms with Gasteiger partial charge < -0.3 is 10.5 Å². The van der Waals surface area contributed by atoms with Crippen LogP contribution >= 0.6 is 22.6 Å². The lowest BCUT2D eigenvalue weighted by Gasteiger charge is -2.10. The fourth-order valence-corrected chi connectivity index (χ4v) is 1.32. The van der Waals surface area contributed by atoms with Gasteiger partial charge in [-0.05, 0) is 28.7 Å². The molecule has 0 fully saturated rings. The molecule has 1 aromatic carbocycles. The zero-order valence-corrected chi connectivity index (χ0v) is 8.69. The first-order valence-electron chi connectivity index (χ1n) is 3.30. The van der Waals surface area contributed by atoms with Gasteiger partial charge in [0.05, 0.1) is 5.69 Å². The number of nitrogens with two attached hydrogens (primary N) is 1. The van der Waals surface area contributed by atoms with Crippen LogP contribution in [-0.2, 0) is 0 Å². The van der Waals surface area contributed by atoms with E-state index in [0.717, 1.165) is 6.07 Å². The standard InChI is InChI=1S/C7H4F4INO/c8-4-1-3(14-7(9,10)11)2-5(12)6(4)13/h1-2H,13H2.